The quantitative estimate of drug-likeness (QED) is 0.889. The lowest BCUT2D eigenvalue weighted by Crippen LogP contribution is -2.41. The summed E-state index contributed by atoms with van der Waals surface area (Å²) >= 11 is 6.42. The van der Waals surface area contributed by atoms with Crippen LogP contribution in [0.5, 0.6) is 0 Å². The number of hydrogen-bond acceptors (Lipinski definition) is 4. The first kappa shape index (κ1) is 14.5. The van der Waals surface area contributed by atoms with E-state index in [2.05, 4.69) is 47.1 Å². The molecule has 0 radical (unpaired) electrons. The molecule has 1 atom stereocenters. The molecule has 0 aliphatic heterocycles. The van der Waals surface area contributed by atoms with Gasteiger partial charge in [-0.15, -0.1) is 0 Å². The number of carbonyl (C=O) groups is 1. The average molecular weight is 367 g/mol. The highest BCUT2D eigenvalue weighted by molar-refractivity contribution is 9.11. The zero-order valence-electron chi connectivity index (χ0n) is 9.75. The lowest BCUT2D eigenvalue weighted by Gasteiger charge is -2.24. The van der Waals surface area contributed by atoms with Gasteiger partial charge in [-0.1, -0.05) is 6.92 Å². The van der Waals surface area contributed by atoms with Crippen molar-refractivity contribution >= 4 is 43.6 Å². The van der Waals surface area contributed by atoms with Crippen molar-refractivity contribution in [3.05, 3.63) is 15.4 Å². The lowest BCUT2D eigenvalue weighted by molar-refractivity contribution is -0.136. The summed E-state index contributed by atoms with van der Waals surface area (Å²) in [6.45, 7) is 3.61. The van der Waals surface area contributed by atoms with Crippen molar-refractivity contribution in [2.24, 2.45) is 0 Å². The standard InChI is InChI=1S/C10H13Br2N3O2/c1-4-10(2,17-3)9(16)15-8-7(12)14-6(11)5-13-8/h5H,4H2,1-3H3,(H,13,15,16). The van der Waals surface area contributed by atoms with Crippen LogP contribution in [0, 0.1) is 0 Å². The molecule has 94 valence electrons. The SMILES string of the molecule is CCC(C)(OC)C(=O)Nc1ncc(Br)nc1Br. The summed E-state index contributed by atoms with van der Waals surface area (Å²) in [5.74, 6) is 0.120. The van der Waals surface area contributed by atoms with Crippen molar-refractivity contribution in [2.45, 2.75) is 25.9 Å². The fourth-order valence-corrected chi connectivity index (χ4v) is 1.98. The molecule has 0 spiro atoms. The Bertz CT molecular complexity index is 422. The smallest absolute Gasteiger partial charge is 0.257 e. The van der Waals surface area contributed by atoms with Crippen molar-refractivity contribution in [3.8, 4) is 0 Å². The number of carbonyl (C=O) groups excluding carboxylic acids is 1. The molecule has 0 saturated heterocycles. The maximum absolute atomic E-state index is 12.0. The Morgan fingerprint density at radius 1 is 1.59 bits per heavy atom. The number of rotatable bonds is 4. The van der Waals surface area contributed by atoms with Gasteiger partial charge in [0, 0.05) is 7.11 Å². The Morgan fingerprint density at radius 2 is 2.24 bits per heavy atom. The van der Waals surface area contributed by atoms with E-state index in [0.29, 0.717) is 21.4 Å². The van der Waals surface area contributed by atoms with Gasteiger partial charge in [-0.3, -0.25) is 4.79 Å². The van der Waals surface area contributed by atoms with Gasteiger partial charge >= 0.3 is 0 Å². The van der Waals surface area contributed by atoms with E-state index >= 15 is 0 Å². The van der Waals surface area contributed by atoms with Crippen LogP contribution >= 0.6 is 31.9 Å². The Morgan fingerprint density at radius 3 is 2.71 bits per heavy atom. The van der Waals surface area contributed by atoms with Crippen molar-refractivity contribution in [3.63, 3.8) is 0 Å². The number of anilines is 1. The number of hydrogen-bond donors (Lipinski definition) is 1. The third kappa shape index (κ3) is 3.46. The first-order valence-corrected chi connectivity index (χ1v) is 6.56. The van der Waals surface area contributed by atoms with Crippen LogP contribution in [-0.4, -0.2) is 28.6 Å². The molecule has 17 heavy (non-hydrogen) atoms. The van der Waals surface area contributed by atoms with Crippen molar-refractivity contribution in [1.82, 2.24) is 9.97 Å². The minimum absolute atomic E-state index is 0.250. The molecule has 1 heterocycles. The van der Waals surface area contributed by atoms with Crippen LogP contribution in [0.25, 0.3) is 0 Å². The Labute approximate surface area is 117 Å². The summed E-state index contributed by atoms with van der Waals surface area (Å²) < 4.78 is 6.26. The van der Waals surface area contributed by atoms with Crippen LogP contribution in [0.15, 0.2) is 15.4 Å². The monoisotopic (exact) mass is 365 g/mol. The molecule has 1 aromatic heterocycles. The number of amides is 1. The second kappa shape index (κ2) is 5.88. The van der Waals surface area contributed by atoms with Crippen LogP contribution in [0.2, 0.25) is 0 Å². The minimum atomic E-state index is -0.867. The van der Waals surface area contributed by atoms with E-state index in [9.17, 15) is 4.79 Å². The maximum Gasteiger partial charge on any atom is 0.257 e. The topological polar surface area (TPSA) is 64.1 Å². The third-order valence-corrected chi connectivity index (χ3v) is 3.47. The number of methoxy groups -OCH3 is 1. The molecule has 0 fully saturated rings. The van der Waals surface area contributed by atoms with E-state index < -0.39 is 5.60 Å². The van der Waals surface area contributed by atoms with Crippen LogP contribution in [0.4, 0.5) is 5.82 Å². The minimum Gasteiger partial charge on any atom is -0.369 e. The number of halogens is 2. The molecule has 1 rings (SSSR count). The van der Waals surface area contributed by atoms with E-state index in [0.717, 1.165) is 0 Å². The summed E-state index contributed by atoms with van der Waals surface area (Å²) in [5.41, 5.74) is -0.867. The van der Waals surface area contributed by atoms with Gasteiger partial charge in [-0.2, -0.15) is 0 Å². The number of ether oxygens (including phenoxy) is 1. The fourth-order valence-electron chi connectivity index (χ4n) is 1.07. The molecule has 7 heteroatoms. The van der Waals surface area contributed by atoms with Crippen LogP contribution < -0.4 is 5.32 Å². The predicted molar refractivity (Wildman–Crippen MR) is 71.8 cm³/mol. The first-order chi connectivity index (χ1) is 7.92. The van der Waals surface area contributed by atoms with E-state index in [4.69, 9.17) is 4.74 Å². The number of nitrogens with zero attached hydrogens (tertiary/aromatic N) is 2. The second-order valence-corrected chi connectivity index (χ2v) is 5.14. The highest BCUT2D eigenvalue weighted by atomic mass is 79.9. The molecular formula is C10H13Br2N3O2. The third-order valence-electron chi connectivity index (χ3n) is 2.54. The fraction of sp³-hybridized carbons (Fsp3) is 0.500. The van der Waals surface area contributed by atoms with Crippen LogP contribution in [-0.2, 0) is 9.53 Å². The molecule has 0 bridgehead atoms. The van der Waals surface area contributed by atoms with E-state index in [1.807, 2.05) is 6.92 Å². The lowest BCUT2D eigenvalue weighted by atomic mass is 10.0. The van der Waals surface area contributed by atoms with E-state index in [1.54, 1.807) is 6.92 Å². The van der Waals surface area contributed by atoms with E-state index in [-0.39, 0.29) is 5.91 Å². The zero-order chi connectivity index (χ0) is 13.1. The molecule has 0 aromatic carbocycles. The summed E-state index contributed by atoms with van der Waals surface area (Å²) in [4.78, 5) is 20.1. The van der Waals surface area contributed by atoms with Crippen molar-refractivity contribution < 1.29 is 9.53 Å². The molecule has 5 nitrogen and oxygen atoms in total. The highest BCUT2D eigenvalue weighted by Gasteiger charge is 2.31. The summed E-state index contributed by atoms with van der Waals surface area (Å²) in [6.07, 6.45) is 2.08. The molecular weight excluding hydrogens is 354 g/mol. The molecule has 1 unspecified atom stereocenters. The molecule has 0 aliphatic carbocycles. The van der Waals surface area contributed by atoms with Gasteiger partial charge in [0.25, 0.3) is 5.91 Å². The predicted octanol–water partition coefficient (Wildman–Crippen LogP) is 2.76. The molecule has 1 amide bonds. The number of aromatic nitrogens is 2. The van der Waals surface area contributed by atoms with Crippen LogP contribution in [0.1, 0.15) is 20.3 Å². The van der Waals surface area contributed by atoms with Gasteiger partial charge in [0.2, 0.25) is 0 Å². The normalized spacial score (nSPS) is 14.2. The molecule has 0 saturated carbocycles. The van der Waals surface area contributed by atoms with Crippen molar-refractivity contribution in [2.75, 3.05) is 12.4 Å². The summed E-state index contributed by atoms with van der Waals surface area (Å²) in [5, 5.41) is 2.67. The van der Waals surface area contributed by atoms with Gasteiger partial charge in [-0.25, -0.2) is 9.97 Å². The van der Waals surface area contributed by atoms with Gasteiger partial charge < -0.3 is 10.1 Å². The zero-order valence-corrected chi connectivity index (χ0v) is 12.9. The second-order valence-electron chi connectivity index (χ2n) is 3.57. The van der Waals surface area contributed by atoms with Gasteiger partial charge in [0.15, 0.2) is 5.82 Å². The summed E-state index contributed by atoms with van der Waals surface area (Å²) in [7, 11) is 1.51. The summed E-state index contributed by atoms with van der Waals surface area (Å²) in [6, 6.07) is 0. The van der Waals surface area contributed by atoms with Crippen LogP contribution in [0.3, 0.4) is 0 Å². The highest BCUT2D eigenvalue weighted by Crippen LogP contribution is 2.22. The average Bonchev–Trinajstić information content (AvgIpc) is 2.31. The van der Waals surface area contributed by atoms with Crippen molar-refractivity contribution in [1.29, 1.82) is 0 Å². The maximum atomic E-state index is 12.0. The number of nitrogens with one attached hydrogen (secondary N) is 1. The Kier molecular flexibility index (Phi) is 5.03. The molecule has 1 aromatic rings. The van der Waals surface area contributed by atoms with Gasteiger partial charge in [-0.05, 0) is 45.2 Å². The molecule has 1 N–H and O–H groups in total. The van der Waals surface area contributed by atoms with E-state index in [1.165, 1.54) is 13.3 Å². The van der Waals surface area contributed by atoms with Gasteiger partial charge in [0.1, 0.15) is 14.8 Å². The Hall–Kier alpha value is -0.530. The first-order valence-electron chi connectivity index (χ1n) is 4.97. The Balaban J connectivity index is 2.88. The van der Waals surface area contributed by atoms with Gasteiger partial charge in [0.05, 0.1) is 6.20 Å². The largest absolute Gasteiger partial charge is 0.369 e. The molecule has 0 aliphatic rings.